The second-order valence-electron chi connectivity index (χ2n) is 4.84. The molecule has 0 saturated heterocycles. The molecule has 0 saturated carbocycles. The van der Waals surface area contributed by atoms with Crippen LogP contribution in [0, 0.1) is 5.92 Å². The number of rotatable bonds is 8. The third-order valence-corrected chi connectivity index (χ3v) is 5.41. The first-order valence-corrected chi connectivity index (χ1v) is 9.51. The molecule has 0 aromatic heterocycles. The third kappa shape index (κ3) is 5.67. The summed E-state index contributed by atoms with van der Waals surface area (Å²) < 4.78 is 24.9. The maximum atomic E-state index is 13.0. The van der Waals surface area contributed by atoms with Crippen LogP contribution < -0.4 is 0 Å². The Morgan fingerprint density at radius 1 is 1.19 bits per heavy atom. The summed E-state index contributed by atoms with van der Waals surface area (Å²) >= 11 is 3.40. The number of aliphatic imine (C=N–C) groups is 1. The maximum Gasteiger partial charge on any atom is 0.359 e. The quantitative estimate of drug-likeness (QED) is 0.448. The van der Waals surface area contributed by atoms with E-state index in [-0.39, 0.29) is 5.92 Å². The van der Waals surface area contributed by atoms with Crippen LogP contribution in [0.25, 0.3) is 0 Å². The highest BCUT2D eigenvalue weighted by molar-refractivity contribution is 9.10. The van der Waals surface area contributed by atoms with E-state index in [4.69, 9.17) is 9.05 Å². The van der Waals surface area contributed by atoms with Gasteiger partial charge in [0.1, 0.15) is 0 Å². The van der Waals surface area contributed by atoms with Gasteiger partial charge >= 0.3 is 7.60 Å². The molecule has 0 aliphatic rings. The van der Waals surface area contributed by atoms with Crippen LogP contribution in [0.5, 0.6) is 0 Å². The summed E-state index contributed by atoms with van der Waals surface area (Å²) in [5.41, 5.74) is 0.820. The monoisotopic (exact) mass is 375 g/mol. The van der Waals surface area contributed by atoms with E-state index in [1.54, 1.807) is 20.1 Å². The van der Waals surface area contributed by atoms with Gasteiger partial charge in [0.2, 0.25) is 0 Å². The Bertz CT molecular complexity index is 492. The molecule has 1 unspecified atom stereocenters. The fourth-order valence-corrected chi connectivity index (χ4v) is 3.90. The fourth-order valence-electron chi connectivity index (χ4n) is 1.78. The van der Waals surface area contributed by atoms with Gasteiger partial charge in [0.05, 0.1) is 13.2 Å². The first kappa shape index (κ1) is 18.6. The number of benzene rings is 1. The van der Waals surface area contributed by atoms with Crippen molar-refractivity contribution in [2.45, 2.75) is 33.5 Å². The van der Waals surface area contributed by atoms with E-state index >= 15 is 0 Å². The van der Waals surface area contributed by atoms with Gasteiger partial charge in [-0.1, -0.05) is 41.9 Å². The molecule has 118 valence electrons. The zero-order valence-electron chi connectivity index (χ0n) is 13.0. The molecule has 0 spiro atoms. The van der Waals surface area contributed by atoms with Crippen molar-refractivity contribution >= 4 is 29.7 Å². The Labute approximate surface area is 135 Å². The van der Waals surface area contributed by atoms with Crippen LogP contribution in [-0.4, -0.2) is 19.4 Å². The second kappa shape index (κ2) is 8.84. The van der Waals surface area contributed by atoms with E-state index in [0.29, 0.717) is 13.2 Å². The summed E-state index contributed by atoms with van der Waals surface area (Å²) in [5.74, 6) is -0.368. The lowest BCUT2D eigenvalue weighted by molar-refractivity contribution is 0.212. The first-order chi connectivity index (χ1) is 9.92. The van der Waals surface area contributed by atoms with Gasteiger partial charge < -0.3 is 9.05 Å². The van der Waals surface area contributed by atoms with Crippen molar-refractivity contribution in [1.82, 2.24) is 0 Å². The summed E-state index contributed by atoms with van der Waals surface area (Å²) in [6, 6.07) is 7.57. The minimum atomic E-state index is -3.34. The molecule has 0 radical (unpaired) electrons. The molecule has 1 rings (SSSR count). The van der Waals surface area contributed by atoms with Gasteiger partial charge in [-0.2, -0.15) is 0 Å². The molecule has 0 bridgehead atoms. The van der Waals surface area contributed by atoms with E-state index in [1.807, 2.05) is 38.1 Å². The lowest BCUT2D eigenvalue weighted by Crippen LogP contribution is -2.06. The topological polar surface area (TPSA) is 47.9 Å². The SMILES string of the molecule is CCOP(=O)(OCC)C(/N=C/C(C)C)c1ccc(Br)cc1. The Morgan fingerprint density at radius 2 is 1.71 bits per heavy atom. The zero-order chi connectivity index (χ0) is 15.9. The van der Waals surface area contributed by atoms with Crippen LogP contribution in [0.2, 0.25) is 0 Å². The molecule has 21 heavy (non-hydrogen) atoms. The van der Waals surface area contributed by atoms with Gasteiger partial charge in [0.15, 0.2) is 5.78 Å². The number of nitrogens with zero attached hydrogens (tertiary/aromatic N) is 1. The highest BCUT2D eigenvalue weighted by atomic mass is 79.9. The van der Waals surface area contributed by atoms with E-state index < -0.39 is 13.4 Å². The molecule has 0 fully saturated rings. The average Bonchev–Trinajstić information content (AvgIpc) is 2.41. The lowest BCUT2D eigenvalue weighted by atomic mass is 10.2. The molecule has 1 aromatic rings. The van der Waals surface area contributed by atoms with Crippen LogP contribution in [0.15, 0.2) is 33.7 Å². The largest absolute Gasteiger partial charge is 0.359 e. The summed E-state index contributed by atoms with van der Waals surface area (Å²) in [6.45, 7) is 8.29. The first-order valence-electron chi connectivity index (χ1n) is 7.10. The highest BCUT2D eigenvalue weighted by Gasteiger charge is 2.36. The molecule has 4 nitrogen and oxygen atoms in total. The van der Waals surface area contributed by atoms with Crippen molar-refractivity contribution in [3.63, 3.8) is 0 Å². The van der Waals surface area contributed by atoms with Crippen LogP contribution >= 0.6 is 23.5 Å². The molecule has 0 aliphatic heterocycles. The number of halogens is 1. The summed E-state index contributed by atoms with van der Waals surface area (Å²) in [5, 5.41) is 0. The van der Waals surface area contributed by atoms with E-state index in [2.05, 4.69) is 20.9 Å². The molecule has 6 heteroatoms. The van der Waals surface area contributed by atoms with Crippen molar-refractivity contribution in [3.05, 3.63) is 34.3 Å². The van der Waals surface area contributed by atoms with Gasteiger partial charge in [0, 0.05) is 10.7 Å². The molecular weight excluding hydrogens is 353 g/mol. The summed E-state index contributed by atoms with van der Waals surface area (Å²) in [4.78, 5) is 4.48. The number of hydrogen-bond donors (Lipinski definition) is 0. The smallest absolute Gasteiger partial charge is 0.307 e. The Balaban J connectivity index is 3.22. The predicted octanol–water partition coefficient (Wildman–Crippen LogP) is 5.44. The van der Waals surface area contributed by atoms with Crippen LogP contribution in [0.4, 0.5) is 0 Å². The van der Waals surface area contributed by atoms with E-state index in [0.717, 1.165) is 10.0 Å². The standard InChI is InChI=1S/C15H23BrNO3P/c1-5-19-21(18,20-6-2)15(17-11-12(3)4)13-7-9-14(16)10-8-13/h7-12,15H,5-6H2,1-4H3/b17-11+. The zero-order valence-corrected chi connectivity index (χ0v) is 15.4. The molecule has 0 N–H and O–H groups in total. The Kier molecular flexibility index (Phi) is 7.82. The van der Waals surface area contributed by atoms with Gasteiger partial charge in [-0.05, 0) is 37.5 Å². The van der Waals surface area contributed by atoms with Crippen LogP contribution in [-0.2, 0) is 13.6 Å². The van der Waals surface area contributed by atoms with Gasteiger partial charge in [-0.15, -0.1) is 0 Å². The van der Waals surface area contributed by atoms with Crippen molar-refractivity contribution in [3.8, 4) is 0 Å². The van der Waals surface area contributed by atoms with Crippen LogP contribution in [0.3, 0.4) is 0 Å². The van der Waals surface area contributed by atoms with Crippen molar-refractivity contribution < 1.29 is 13.6 Å². The van der Waals surface area contributed by atoms with Gasteiger partial charge in [-0.3, -0.25) is 9.56 Å². The molecule has 0 amide bonds. The summed E-state index contributed by atoms with van der Waals surface area (Å²) in [6.07, 6.45) is 1.79. The Hall–Kier alpha value is -0.480. The maximum absolute atomic E-state index is 13.0. The van der Waals surface area contributed by atoms with Gasteiger partial charge in [0.25, 0.3) is 0 Å². The fraction of sp³-hybridized carbons (Fsp3) is 0.533. The second-order valence-corrected chi connectivity index (χ2v) is 7.84. The average molecular weight is 376 g/mol. The molecule has 0 heterocycles. The normalized spacial score (nSPS) is 14.0. The number of hydrogen-bond acceptors (Lipinski definition) is 4. The van der Waals surface area contributed by atoms with Gasteiger partial charge in [-0.25, -0.2) is 0 Å². The summed E-state index contributed by atoms with van der Waals surface area (Å²) in [7, 11) is -3.34. The minimum Gasteiger partial charge on any atom is -0.307 e. The minimum absolute atomic E-state index is 0.264. The Morgan fingerprint density at radius 3 is 2.14 bits per heavy atom. The molecule has 0 aliphatic carbocycles. The van der Waals surface area contributed by atoms with E-state index in [1.165, 1.54) is 0 Å². The predicted molar refractivity (Wildman–Crippen MR) is 91.1 cm³/mol. The third-order valence-electron chi connectivity index (χ3n) is 2.61. The lowest BCUT2D eigenvalue weighted by Gasteiger charge is -2.24. The van der Waals surface area contributed by atoms with Crippen LogP contribution in [0.1, 0.15) is 39.0 Å². The molecular formula is C15H23BrNO3P. The highest BCUT2D eigenvalue weighted by Crippen LogP contribution is 2.61. The van der Waals surface area contributed by atoms with Crippen molar-refractivity contribution in [2.24, 2.45) is 10.9 Å². The van der Waals surface area contributed by atoms with Crippen molar-refractivity contribution in [1.29, 1.82) is 0 Å². The molecule has 1 aromatic carbocycles. The van der Waals surface area contributed by atoms with E-state index in [9.17, 15) is 4.57 Å². The molecule has 1 atom stereocenters. The van der Waals surface area contributed by atoms with Crippen molar-refractivity contribution in [2.75, 3.05) is 13.2 Å².